The van der Waals surface area contributed by atoms with Crippen LogP contribution in [0.3, 0.4) is 0 Å². The first-order chi connectivity index (χ1) is 11.3. The molecule has 0 radical (unpaired) electrons. The van der Waals surface area contributed by atoms with Crippen molar-refractivity contribution in [3.05, 3.63) is 12.0 Å². The highest BCUT2D eigenvalue weighted by molar-refractivity contribution is 5.87. The van der Waals surface area contributed by atoms with E-state index < -0.39 is 0 Å². The number of rotatable bonds is 3. The summed E-state index contributed by atoms with van der Waals surface area (Å²) >= 11 is 0. The van der Waals surface area contributed by atoms with Gasteiger partial charge in [0.15, 0.2) is 5.65 Å². The fraction of sp³-hybridized carbons (Fsp3) is 0.688. The molecule has 2 fully saturated rings. The van der Waals surface area contributed by atoms with E-state index in [2.05, 4.69) is 10.00 Å². The predicted molar refractivity (Wildman–Crippen MR) is 88.5 cm³/mol. The third-order valence-electron chi connectivity index (χ3n) is 5.01. The minimum Gasteiger partial charge on any atom is -0.373 e. The maximum Gasteiger partial charge on any atom is 0.163 e. The molecule has 2 aliphatic rings. The van der Waals surface area contributed by atoms with Crippen molar-refractivity contribution >= 4 is 16.9 Å². The highest BCUT2D eigenvalue weighted by Gasteiger charge is 2.26. The Bertz CT molecular complexity index is 693. The van der Waals surface area contributed by atoms with Crippen molar-refractivity contribution in [2.75, 3.05) is 31.1 Å². The largest absolute Gasteiger partial charge is 0.373 e. The van der Waals surface area contributed by atoms with Crippen molar-refractivity contribution in [3.63, 3.8) is 0 Å². The lowest BCUT2D eigenvalue weighted by atomic mass is 10.1. The van der Waals surface area contributed by atoms with Gasteiger partial charge in [-0.3, -0.25) is 4.68 Å². The zero-order valence-corrected chi connectivity index (χ0v) is 13.6. The van der Waals surface area contributed by atoms with Crippen molar-refractivity contribution in [2.45, 2.75) is 37.7 Å². The second-order valence-corrected chi connectivity index (χ2v) is 6.57. The van der Waals surface area contributed by atoms with Gasteiger partial charge < -0.3 is 15.4 Å². The molecule has 4 rings (SSSR count). The van der Waals surface area contributed by atoms with E-state index in [1.165, 1.54) is 25.7 Å². The number of aromatic nitrogens is 4. The number of aryl methyl sites for hydroxylation is 1. The molecule has 0 aromatic carbocycles. The smallest absolute Gasteiger partial charge is 0.163 e. The molecule has 1 saturated heterocycles. The molecule has 23 heavy (non-hydrogen) atoms. The fourth-order valence-corrected chi connectivity index (χ4v) is 3.69. The van der Waals surface area contributed by atoms with Crippen molar-refractivity contribution in [1.29, 1.82) is 0 Å². The van der Waals surface area contributed by atoms with E-state index in [1.807, 2.05) is 17.9 Å². The monoisotopic (exact) mass is 316 g/mol. The Hall–Kier alpha value is -1.73. The molecule has 0 spiro atoms. The summed E-state index contributed by atoms with van der Waals surface area (Å²) in [4.78, 5) is 12.1. The molecular weight excluding hydrogens is 292 g/mol. The maximum absolute atomic E-state index is 5.79. The van der Waals surface area contributed by atoms with Crippen LogP contribution in [0.5, 0.6) is 0 Å². The number of anilines is 1. The zero-order chi connectivity index (χ0) is 15.8. The lowest BCUT2D eigenvalue weighted by Gasteiger charge is -2.33. The highest BCUT2D eigenvalue weighted by atomic mass is 16.5. The average Bonchev–Trinajstić information content (AvgIpc) is 3.25. The van der Waals surface area contributed by atoms with Gasteiger partial charge in [0.1, 0.15) is 11.6 Å². The molecule has 7 nitrogen and oxygen atoms in total. The number of nitrogens with two attached hydrogens (primary N) is 1. The molecule has 1 aliphatic carbocycles. The summed E-state index contributed by atoms with van der Waals surface area (Å²) < 4.78 is 7.54. The summed E-state index contributed by atoms with van der Waals surface area (Å²) in [6, 6.07) is 0. The molecule has 0 amide bonds. The molecule has 2 N–H and O–H groups in total. The van der Waals surface area contributed by atoms with E-state index in [1.54, 1.807) is 0 Å². The van der Waals surface area contributed by atoms with Crippen molar-refractivity contribution in [2.24, 2.45) is 12.8 Å². The minimum atomic E-state index is 0.0698. The summed E-state index contributed by atoms with van der Waals surface area (Å²) in [7, 11) is 1.94. The SMILES string of the molecule is Cn1ncc2c(N3CCO[C@@H](CN)C3)nc(C3CCCC3)nc21. The van der Waals surface area contributed by atoms with E-state index >= 15 is 0 Å². The van der Waals surface area contributed by atoms with Gasteiger partial charge in [-0.15, -0.1) is 0 Å². The van der Waals surface area contributed by atoms with Gasteiger partial charge in [0.05, 0.1) is 24.3 Å². The number of hydrogen-bond donors (Lipinski definition) is 1. The first-order valence-electron chi connectivity index (χ1n) is 8.52. The number of hydrogen-bond acceptors (Lipinski definition) is 6. The molecule has 0 unspecified atom stereocenters. The molecule has 1 saturated carbocycles. The molecule has 124 valence electrons. The minimum absolute atomic E-state index is 0.0698. The van der Waals surface area contributed by atoms with Gasteiger partial charge in [-0.2, -0.15) is 5.10 Å². The summed E-state index contributed by atoms with van der Waals surface area (Å²) in [5.41, 5.74) is 6.71. The molecule has 1 aliphatic heterocycles. The van der Waals surface area contributed by atoms with Crippen molar-refractivity contribution in [3.8, 4) is 0 Å². The molecule has 2 aromatic rings. The van der Waals surface area contributed by atoms with E-state index in [0.29, 0.717) is 19.1 Å². The quantitative estimate of drug-likeness (QED) is 0.916. The Morgan fingerprint density at radius 1 is 1.30 bits per heavy atom. The Kier molecular flexibility index (Phi) is 3.90. The topological polar surface area (TPSA) is 82.1 Å². The van der Waals surface area contributed by atoms with E-state index in [0.717, 1.165) is 35.8 Å². The Labute approximate surface area is 135 Å². The predicted octanol–water partition coefficient (Wildman–Crippen LogP) is 1.18. The number of nitrogens with zero attached hydrogens (tertiary/aromatic N) is 5. The summed E-state index contributed by atoms with van der Waals surface area (Å²) in [6.45, 7) is 2.84. The van der Waals surface area contributed by atoms with Crippen LogP contribution >= 0.6 is 0 Å². The second kappa shape index (κ2) is 6.05. The van der Waals surface area contributed by atoms with E-state index in [-0.39, 0.29) is 6.10 Å². The molecular formula is C16H24N6O. The summed E-state index contributed by atoms with van der Waals surface area (Å²) in [5, 5.41) is 5.41. The van der Waals surface area contributed by atoms with E-state index in [4.69, 9.17) is 20.4 Å². The van der Waals surface area contributed by atoms with Gasteiger partial charge in [-0.25, -0.2) is 9.97 Å². The van der Waals surface area contributed by atoms with Gasteiger partial charge >= 0.3 is 0 Å². The van der Waals surface area contributed by atoms with Crippen LogP contribution in [-0.4, -0.2) is 52.1 Å². The normalized spacial score (nSPS) is 23.0. The van der Waals surface area contributed by atoms with Crippen LogP contribution in [0.4, 0.5) is 5.82 Å². The van der Waals surface area contributed by atoms with Gasteiger partial charge in [-0.1, -0.05) is 12.8 Å². The molecule has 0 bridgehead atoms. The molecule has 3 heterocycles. The third kappa shape index (κ3) is 2.68. The summed E-state index contributed by atoms with van der Waals surface area (Å²) in [5.74, 6) is 2.45. The van der Waals surface area contributed by atoms with Crippen molar-refractivity contribution < 1.29 is 4.74 Å². The van der Waals surface area contributed by atoms with Gasteiger partial charge in [0, 0.05) is 32.6 Å². The average molecular weight is 316 g/mol. The van der Waals surface area contributed by atoms with Gasteiger partial charge in [0.2, 0.25) is 0 Å². The first-order valence-corrected chi connectivity index (χ1v) is 8.52. The lowest BCUT2D eigenvalue weighted by Crippen LogP contribution is -2.46. The zero-order valence-electron chi connectivity index (χ0n) is 13.6. The lowest BCUT2D eigenvalue weighted by molar-refractivity contribution is 0.0464. The van der Waals surface area contributed by atoms with Crippen LogP contribution in [0.1, 0.15) is 37.4 Å². The first kappa shape index (κ1) is 14.8. The van der Waals surface area contributed by atoms with Crippen LogP contribution in [0.15, 0.2) is 6.20 Å². The number of ether oxygens (including phenoxy) is 1. The fourth-order valence-electron chi connectivity index (χ4n) is 3.69. The Balaban J connectivity index is 1.77. The van der Waals surface area contributed by atoms with Crippen LogP contribution in [0, 0.1) is 0 Å². The Morgan fingerprint density at radius 3 is 2.91 bits per heavy atom. The van der Waals surface area contributed by atoms with Crippen LogP contribution in [-0.2, 0) is 11.8 Å². The van der Waals surface area contributed by atoms with E-state index in [9.17, 15) is 0 Å². The summed E-state index contributed by atoms with van der Waals surface area (Å²) in [6.07, 6.45) is 6.88. The number of fused-ring (bicyclic) bond motifs is 1. The highest BCUT2D eigenvalue weighted by Crippen LogP contribution is 2.35. The molecule has 2 aromatic heterocycles. The van der Waals surface area contributed by atoms with Gasteiger partial charge in [0.25, 0.3) is 0 Å². The number of morpholine rings is 1. The standard InChI is InChI=1S/C16H24N6O/c1-21-15-13(9-18-21)16(22-6-7-23-12(8-17)10-22)20-14(19-15)11-4-2-3-5-11/h9,11-12H,2-8,10,17H2,1H3/t12-/m0/s1. The van der Waals surface area contributed by atoms with Crippen molar-refractivity contribution in [1.82, 2.24) is 19.7 Å². The van der Waals surface area contributed by atoms with Crippen LogP contribution < -0.4 is 10.6 Å². The second-order valence-electron chi connectivity index (χ2n) is 6.57. The Morgan fingerprint density at radius 2 is 2.13 bits per heavy atom. The third-order valence-corrected chi connectivity index (χ3v) is 5.01. The van der Waals surface area contributed by atoms with Gasteiger partial charge in [-0.05, 0) is 12.8 Å². The van der Waals surface area contributed by atoms with Crippen LogP contribution in [0.25, 0.3) is 11.0 Å². The molecule has 1 atom stereocenters. The molecule has 7 heteroatoms. The maximum atomic E-state index is 5.79. The van der Waals surface area contributed by atoms with Crippen LogP contribution in [0.2, 0.25) is 0 Å².